The number of aryl methyl sites for hydroxylation is 2. The van der Waals surface area contributed by atoms with Gasteiger partial charge in [0, 0.05) is 11.4 Å². The largest absolute Gasteiger partial charge is 0.423 e. The van der Waals surface area contributed by atoms with Gasteiger partial charge >= 0.3 is 0 Å². The molecular weight excluding hydrogens is 324 g/mol. The number of hydrogen-bond acceptors (Lipinski definition) is 6. The number of hydrogen-bond donors (Lipinski definition) is 1. The monoisotopic (exact) mass is 342 g/mol. The number of aromatic nitrogens is 2. The zero-order valence-corrected chi connectivity index (χ0v) is 14.4. The number of nitrogens with zero attached hydrogens (tertiary/aromatic N) is 3. The van der Waals surface area contributed by atoms with Crippen molar-refractivity contribution in [2.45, 2.75) is 32.7 Å². The van der Waals surface area contributed by atoms with Crippen molar-refractivity contribution in [2.24, 2.45) is 0 Å². The second-order valence-corrected chi connectivity index (χ2v) is 7.17. The highest BCUT2D eigenvalue weighted by Crippen LogP contribution is 2.29. The fraction of sp³-hybridized carbons (Fsp3) is 0.353. The van der Waals surface area contributed by atoms with E-state index in [0.717, 1.165) is 41.1 Å². The van der Waals surface area contributed by atoms with E-state index >= 15 is 0 Å². The van der Waals surface area contributed by atoms with Crippen molar-refractivity contribution in [1.29, 1.82) is 0 Å². The summed E-state index contributed by atoms with van der Waals surface area (Å²) < 4.78 is 5.83. The zero-order valence-electron chi connectivity index (χ0n) is 13.6. The van der Waals surface area contributed by atoms with E-state index < -0.39 is 0 Å². The van der Waals surface area contributed by atoms with Gasteiger partial charge < -0.3 is 14.6 Å². The Hall–Kier alpha value is -2.41. The van der Waals surface area contributed by atoms with Crippen molar-refractivity contribution in [3.8, 4) is 0 Å². The summed E-state index contributed by atoms with van der Waals surface area (Å²) >= 11 is 1.50. The fourth-order valence-corrected chi connectivity index (χ4v) is 3.78. The van der Waals surface area contributed by atoms with Crippen LogP contribution in [-0.2, 0) is 4.79 Å². The predicted octanol–water partition coefficient (Wildman–Crippen LogP) is 3.51. The smallest absolute Gasteiger partial charge is 0.299 e. The molecule has 0 saturated carbocycles. The molecule has 0 unspecified atom stereocenters. The maximum Gasteiger partial charge on any atom is 0.299 e. The number of carbonyl (C=O) groups excluding carboxylic acids is 1. The average Bonchev–Trinajstić information content (AvgIpc) is 3.26. The number of oxazole rings is 1. The molecule has 6 nitrogen and oxygen atoms in total. The van der Waals surface area contributed by atoms with E-state index in [2.05, 4.69) is 15.3 Å². The second kappa shape index (κ2) is 5.90. The number of anilines is 2. The van der Waals surface area contributed by atoms with E-state index in [1.165, 1.54) is 11.3 Å². The lowest BCUT2D eigenvalue weighted by atomic mass is 10.2. The maximum absolute atomic E-state index is 12.7. The van der Waals surface area contributed by atoms with Crippen molar-refractivity contribution in [2.75, 3.05) is 16.8 Å². The van der Waals surface area contributed by atoms with E-state index in [9.17, 15) is 4.79 Å². The molecular formula is C17H18N4O2S. The van der Waals surface area contributed by atoms with Crippen molar-refractivity contribution in [3.05, 3.63) is 34.8 Å². The second-order valence-electron chi connectivity index (χ2n) is 5.97. The van der Waals surface area contributed by atoms with E-state index in [-0.39, 0.29) is 11.9 Å². The van der Waals surface area contributed by atoms with Crippen LogP contribution in [0.4, 0.5) is 11.1 Å². The highest BCUT2D eigenvalue weighted by Gasteiger charge is 2.34. The van der Waals surface area contributed by atoms with Gasteiger partial charge in [0.2, 0.25) is 5.91 Å². The van der Waals surface area contributed by atoms with Gasteiger partial charge in [-0.3, -0.25) is 4.79 Å². The molecule has 1 aliphatic rings. The van der Waals surface area contributed by atoms with Crippen LogP contribution in [0, 0.1) is 13.8 Å². The van der Waals surface area contributed by atoms with E-state index in [0.29, 0.717) is 11.1 Å². The molecule has 3 heterocycles. The van der Waals surface area contributed by atoms with E-state index in [1.54, 1.807) is 0 Å². The number of nitrogens with one attached hydrogen (secondary N) is 1. The summed E-state index contributed by atoms with van der Waals surface area (Å²) in [7, 11) is 0. The topological polar surface area (TPSA) is 71.3 Å². The molecule has 1 N–H and O–H groups in total. The van der Waals surface area contributed by atoms with Crippen LogP contribution in [0.5, 0.6) is 0 Å². The van der Waals surface area contributed by atoms with Crippen molar-refractivity contribution in [3.63, 3.8) is 0 Å². The van der Waals surface area contributed by atoms with Crippen molar-refractivity contribution >= 4 is 39.5 Å². The molecule has 0 aliphatic carbocycles. The van der Waals surface area contributed by atoms with Gasteiger partial charge in [-0.15, -0.1) is 11.3 Å². The molecule has 7 heteroatoms. The van der Waals surface area contributed by atoms with Crippen LogP contribution in [0.15, 0.2) is 28.7 Å². The molecule has 0 bridgehead atoms. The van der Waals surface area contributed by atoms with Crippen molar-refractivity contribution in [1.82, 2.24) is 9.97 Å². The summed E-state index contributed by atoms with van der Waals surface area (Å²) in [6.07, 6.45) is 1.72. The van der Waals surface area contributed by atoms with Crippen molar-refractivity contribution < 1.29 is 9.21 Å². The minimum Gasteiger partial charge on any atom is -0.423 e. The third kappa shape index (κ3) is 2.65. The van der Waals surface area contributed by atoms with Crippen LogP contribution in [0.2, 0.25) is 0 Å². The maximum atomic E-state index is 12.7. The molecule has 1 atom stereocenters. The molecule has 24 heavy (non-hydrogen) atoms. The molecule has 0 radical (unpaired) electrons. The Kier molecular flexibility index (Phi) is 3.72. The highest BCUT2D eigenvalue weighted by atomic mass is 32.1. The summed E-state index contributed by atoms with van der Waals surface area (Å²) in [4.78, 5) is 24.6. The molecule has 0 spiro atoms. The normalized spacial score (nSPS) is 17.6. The summed E-state index contributed by atoms with van der Waals surface area (Å²) in [5.41, 5.74) is 2.51. The number of thiazole rings is 1. The standard InChI is InChI=1S/C17H18N4O2S/c1-10-11(2)24-16(18-10)20-15(22)13-7-5-9-21(13)17-19-12-6-3-4-8-14(12)23-17/h3-4,6,8,13H,5,7,9H2,1-2H3,(H,18,20,22)/t13-/m0/s1. The van der Waals surface area contributed by atoms with Gasteiger partial charge in [0.25, 0.3) is 6.01 Å². The summed E-state index contributed by atoms with van der Waals surface area (Å²) in [6, 6.07) is 7.88. The molecule has 4 rings (SSSR count). The quantitative estimate of drug-likeness (QED) is 0.789. The van der Waals surface area contributed by atoms with Gasteiger partial charge in [-0.2, -0.15) is 4.98 Å². The van der Waals surface area contributed by atoms with E-state index in [1.807, 2.05) is 43.0 Å². The summed E-state index contributed by atoms with van der Waals surface area (Å²) in [5, 5.41) is 3.59. The first-order valence-corrected chi connectivity index (χ1v) is 8.80. The molecule has 1 aliphatic heterocycles. The van der Waals surface area contributed by atoms with Gasteiger partial charge in [-0.1, -0.05) is 12.1 Å². The van der Waals surface area contributed by atoms with Crippen LogP contribution in [0.25, 0.3) is 11.1 Å². The Morgan fingerprint density at radius 1 is 1.33 bits per heavy atom. The molecule has 1 saturated heterocycles. The number of amides is 1. The SMILES string of the molecule is Cc1nc(NC(=O)[C@@H]2CCCN2c2nc3ccccc3o2)sc1C. The summed E-state index contributed by atoms with van der Waals surface area (Å²) in [5.74, 6) is -0.0523. The summed E-state index contributed by atoms with van der Waals surface area (Å²) in [6.45, 7) is 4.71. The number of benzene rings is 1. The zero-order chi connectivity index (χ0) is 16.7. The molecule has 3 aromatic rings. The number of carbonyl (C=O) groups is 1. The first-order valence-electron chi connectivity index (χ1n) is 7.99. The average molecular weight is 342 g/mol. The lowest BCUT2D eigenvalue weighted by molar-refractivity contribution is -0.117. The third-order valence-corrected chi connectivity index (χ3v) is 5.33. The van der Waals surface area contributed by atoms with Crippen LogP contribution < -0.4 is 10.2 Å². The first-order chi connectivity index (χ1) is 11.6. The lowest BCUT2D eigenvalue weighted by Gasteiger charge is -2.21. The molecule has 2 aromatic heterocycles. The highest BCUT2D eigenvalue weighted by molar-refractivity contribution is 7.15. The molecule has 1 aromatic carbocycles. The van der Waals surface area contributed by atoms with Crippen LogP contribution in [-0.4, -0.2) is 28.5 Å². The molecule has 124 valence electrons. The molecule has 1 fully saturated rings. The third-order valence-electron chi connectivity index (χ3n) is 4.34. The number of fused-ring (bicyclic) bond motifs is 1. The Labute approximate surface area is 143 Å². The predicted molar refractivity (Wildman–Crippen MR) is 94.6 cm³/mol. The van der Waals surface area contributed by atoms with E-state index in [4.69, 9.17) is 4.42 Å². The molecule has 1 amide bonds. The minimum atomic E-state index is -0.275. The van der Waals surface area contributed by atoms with Gasteiger partial charge in [-0.05, 0) is 38.8 Å². The fourth-order valence-electron chi connectivity index (χ4n) is 2.97. The van der Waals surface area contributed by atoms with Gasteiger partial charge in [0.1, 0.15) is 11.6 Å². The Balaban J connectivity index is 1.56. The van der Waals surface area contributed by atoms with Crippen LogP contribution in [0.1, 0.15) is 23.4 Å². The Morgan fingerprint density at radius 2 is 2.17 bits per heavy atom. The Bertz CT molecular complexity index is 849. The minimum absolute atomic E-state index is 0.0523. The van der Waals surface area contributed by atoms with Crippen LogP contribution >= 0.6 is 11.3 Å². The number of para-hydroxylation sites is 2. The van der Waals surface area contributed by atoms with Crippen LogP contribution in [0.3, 0.4) is 0 Å². The number of rotatable bonds is 3. The van der Waals surface area contributed by atoms with Gasteiger partial charge in [-0.25, -0.2) is 4.98 Å². The van der Waals surface area contributed by atoms with Gasteiger partial charge in [0.15, 0.2) is 10.7 Å². The lowest BCUT2D eigenvalue weighted by Crippen LogP contribution is -2.39. The first kappa shape index (κ1) is 15.1. The Morgan fingerprint density at radius 3 is 2.92 bits per heavy atom. The van der Waals surface area contributed by atoms with Gasteiger partial charge in [0.05, 0.1) is 5.69 Å².